The van der Waals surface area contributed by atoms with E-state index in [4.69, 9.17) is 4.74 Å². The maximum atomic E-state index is 11.6. The largest absolute Gasteiger partial charge is 0.380 e. The third kappa shape index (κ3) is 1.94. The summed E-state index contributed by atoms with van der Waals surface area (Å²) in [6.45, 7) is 1.05. The number of aromatic nitrogens is 2. The van der Waals surface area contributed by atoms with Gasteiger partial charge in [-0.3, -0.25) is 5.10 Å². The molecule has 1 aliphatic rings. The van der Waals surface area contributed by atoms with Gasteiger partial charge in [0.2, 0.25) is 10.0 Å². The fourth-order valence-corrected chi connectivity index (χ4v) is 2.46. The number of hydrogen-bond donors (Lipinski definition) is 2. The van der Waals surface area contributed by atoms with E-state index >= 15 is 0 Å². The molecule has 6 nitrogen and oxygen atoms in total. The van der Waals surface area contributed by atoms with E-state index in [1.54, 1.807) is 0 Å². The van der Waals surface area contributed by atoms with Crippen molar-refractivity contribution in [3.05, 3.63) is 12.4 Å². The van der Waals surface area contributed by atoms with Crippen LogP contribution < -0.4 is 4.72 Å². The molecule has 0 bridgehead atoms. The van der Waals surface area contributed by atoms with Gasteiger partial charge in [0.15, 0.2) is 0 Å². The van der Waals surface area contributed by atoms with E-state index in [9.17, 15) is 8.42 Å². The molecule has 78 valence electrons. The number of sulfonamides is 1. The molecule has 2 rings (SSSR count). The molecule has 1 saturated heterocycles. The molecule has 2 N–H and O–H groups in total. The summed E-state index contributed by atoms with van der Waals surface area (Å²) in [5, 5.41) is 6.05. The lowest BCUT2D eigenvalue weighted by molar-refractivity contribution is 0.192. The van der Waals surface area contributed by atoms with E-state index in [1.807, 2.05) is 0 Å². The molecule has 0 radical (unpaired) electrons. The highest BCUT2D eigenvalue weighted by Crippen LogP contribution is 2.10. The van der Waals surface area contributed by atoms with Crippen LogP contribution in [-0.2, 0) is 14.8 Å². The van der Waals surface area contributed by atoms with Gasteiger partial charge >= 0.3 is 0 Å². The lowest BCUT2D eigenvalue weighted by Crippen LogP contribution is -2.34. The van der Waals surface area contributed by atoms with Gasteiger partial charge in [-0.2, -0.15) is 5.10 Å². The Kier molecular flexibility index (Phi) is 2.53. The minimum Gasteiger partial charge on any atom is -0.380 e. The van der Waals surface area contributed by atoms with E-state index in [0.717, 1.165) is 6.42 Å². The highest BCUT2D eigenvalue weighted by atomic mass is 32.2. The van der Waals surface area contributed by atoms with Crippen LogP contribution in [0.25, 0.3) is 0 Å². The molecule has 0 saturated carbocycles. The quantitative estimate of drug-likeness (QED) is 0.713. The Morgan fingerprint density at radius 2 is 2.50 bits per heavy atom. The number of H-pyrrole nitrogens is 1. The van der Waals surface area contributed by atoms with Crippen LogP contribution in [-0.4, -0.2) is 37.9 Å². The van der Waals surface area contributed by atoms with Crippen molar-refractivity contribution in [2.45, 2.75) is 17.4 Å². The number of hydrogen-bond acceptors (Lipinski definition) is 4. The zero-order valence-electron chi connectivity index (χ0n) is 7.43. The van der Waals surface area contributed by atoms with Gasteiger partial charge in [-0.05, 0) is 6.42 Å². The summed E-state index contributed by atoms with van der Waals surface area (Å²) in [7, 11) is -3.42. The molecular formula is C7H11N3O3S. The molecule has 1 fully saturated rings. The normalized spacial score (nSPS) is 22.7. The Balaban J connectivity index is 2.09. The SMILES string of the molecule is O=S(=O)(NC1CCOC1)c1cn[nH]c1. The van der Waals surface area contributed by atoms with Crippen LogP contribution in [0.3, 0.4) is 0 Å². The molecule has 1 unspecified atom stereocenters. The van der Waals surface area contributed by atoms with Gasteiger partial charge in [-0.1, -0.05) is 0 Å². The first kappa shape index (κ1) is 9.63. The molecule has 0 aliphatic carbocycles. The van der Waals surface area contributed by atoms with Crippen molar-refractivity contribution in [3.8, 4) is 0 Å². The molecule has 14 heavy (non-hydrogen) atoms. The maximum absolute atomic E-state index is 11.6. The maximum Gasteiger partial charge on any atom is 0.244 e. The zero-order chi connectivity index (χ0) is 10.0. The molecule has 0 spiro atoms. The third-order valence-electron chi connectivity index (χ3n) is 2.03. The summed E-state index contributed by atoms with van der Waals surface area (Å²) < 4.78 is 30.9. The number of aromatic amines is 1. The van der Waals surface area contributed by atoms with Crippen molar-refractivity contribution in [3.63, 3.8) is 0 Å². The summed E-state index contributed by atoms with van der Waals surface area (Å²) in [4.78, 5) is 0.157. The van der Waals surface area contributed by atoms with Crippen molar-refractivity contribution in [1.82, 2.24) is 14.9 Å². The first-order valence-corrected chi connectivity index (χ1v) is 5.76. The minimum absolute atomic E-state index is 0.116. The smallest absolute Gasteiger partial charge is 0.244 e. The summed E-state index contributed by atoms with van der Waals surface area (Å²) in [6, 6.07) is -0.116. The second-order valence-electron chi connectivity index (χ2n) is 3.12. The van der Waals surface area contributed by atoms with Crippen LogP contribution in [0.2, 0.25) is 0 Å². The van der Waals surface area contributed by atoms with Crippen LogP contribution in [0.1, 0.15) is 6.42 Å². The van der Waals surface area contributed by atoms with E-state index in [-0.39, 0.29) is 10.9 Å². The van der Waals surface area contributed by atoms with Gasteiger partial charge in [0, 0.05) is 18.8 Å². The first-order chi connectivity index (χ1) is 6.68. The summed E-state index contributed by atoms with van der Waals surface area (Å²) >= 11 is 0. The fraction of sp³-hybridized carbons (Fsp3) is 0.571. The Morgan fingerprint density at radius 1 is 1.64 bits per heavy atom. The number of ether oxygens (including phenoxy) is 1. The molecule has 1 atom stereocenters. The van der Waals surface area contributed by atoms with Crippen LogP contribution >= 0.6 is 0 Å². The number of rotatable bonds is 3. The molecule has 7 heteroatoms. The Labute approximate surface area is 81.7 Å². The van der Waals surface area contributed by atoms with E-state index in [1.165, 1.54) is 12.4 Å². The van der Waals surface area contributed by atoms with Crippen molar-refractivity contribution in [2.75, 3.05) is 13.2 Å². The zero-order valence-corrected chi connectivity index (χ0v) is 8.25. The van der Waals surface area contributed by atoms with Crippen molar-refractivity contribution >= 4 is 10.0 Å². The Morgan fingerprint density at radius 3 is 3.07 bits per heavy atom. The average molecular weight is 217 g/mol. The second kappa shape index (κ2) is 3.68. The molecule has 1 aliphatic heterocycles. The molecule has 0 aromatic carbocycles. The summed E-state index contributed by atoms with van der Waals surface area (Å²) in [5.41, 5.74) is 0. The van der Waals surface area contributed by atoms with Crippen LogP contribution in [0.15, 0.2) is 17.3 Å². The van der Waals surface area contributed by atoms with Crippen molar-refractivity contribution in [2.24, 2.45) is 0 Å². The van der Waals surface area contributed by atoms with Crippen molar-refractivity contribution in [1.29, 1.82) is 0 Å². The Bertz CT molecular complexity index is 380. The first-order valence-electron chi connectivity index (χ1n) is 4.27. The van der Waals surface area contributed by atoms with Gasteiger partial charge in [-0.15, -0.1) is 0 Å². The van der Waals surface area contributed by atoms with Crippen LogP contribution in [0.4, 0.5) is 0 Å². The molecule has 1 aromatic rings. The topological polar surface area (TPSA) is 84.1 Å². The number of nitrogens with zero attached hydrogens (tertiary/aromatic N) is 1. The van der Waals surface area contributed by atoms with Crippen LogP contribution in [0.5, 0.6) is 0 Å². The highest BCUT2D eigenvalue weighted by Gasteiger charge is 2.23. The lowest BCUT2D eigenvalue weighted by atomic mass is 10.3. The van der Waals surface area contributed by atoms with Gasteiger partial charge in [0.05, 0.1) is 12.8 Å². The van der Waals surface area contributed by atoms with E-state index in [0.29, 0.717) is 13.2 Å². The van der Waals surface area contributed by atoms with Crippen molar-refractivity contribution < 1.29 is 13.2 Å². The van der Waals surface area contributed by atoms with E-state index in [2.05, 4.69) is 14.9 Å². The molecule has 1 aromatic heterocycles. The van der Waals surface area contributed by atoms with Gasteiger partial charge in [0.25, 0.3) is 0 Å². The van der Waals surface area contributed by atoms with Crippen LogP contribution in [0, 0.1) is 0 Å². The number of nitrogens with one attached hydrogen (secondary N) is 2. The predicted molar refractivity (Wildman–Crippen MR) is 48.1 cm³/mol. The highest BCUT2D eigenvalue weighted by molar-refractivity contribution is 7.89. The minimum atomic E-state index is -3.42. The molecular weight excluding hydrogens is 206 g/mol. The second-order valence-corrected chi connectivity index (χ2v) is 4.83. The van der Waals surface area contributed by atoms with Gasteiger partial charge < -0.3 is 4.74 Å². The van der Waals surface area contributed by atoms with E-state index < -0.39 is 10.0 Å². The predicted octanol–water partition coefficient (Wildman–Crippen LogP) is -0.523. The summed E-state index contributed by atoms with van der Waals surface area (Å²) in [6.07, 6.45) is 3.34. The van der Waals surface area contributed by atoms with Gasteiger partial charge in [0.1, 0.15) is 4.90 Å². The molecule has 2 heterocycles. The average Bonchev–Trinajstić information content (AvgIpc) is 2.71. The molecule has 0 amide bonds. The monoisotopic (exact) mass is 217 g/mol. The third-order valence-corrected chi connectivity index (χ3v) is 3.52. The standard InChI is InChI=1S/C7H11N3O3S/c11-14(12,7-3-8-9-4-7)10-6-1-2-13-5-6/h3-4,6,10H,1-2,5H2,(H,8,9). The van der Waals surface area contributed by atoms with Gasteiger partial charge in [-0.25, -0.2) is 13.1 Å². The summed E-state index contributed by atoms with van der Waals surface area (Å²) in [5.74, 6) is 0. The lowest BCUT2D eigenvalue weighted by Gasteiger charge is -2.09. The Hall–Kier alpha value is -0.920. The fourth-order valence-electron chi connectivity index (χ4n) is 1.30.